The summed E-state index contributed by atoms with van der Waals surface area (Å²) < 4.78 is 2.11. The molecule has 1 unspecified atom stereocenters. The standard InChI is InChI=1S/C15H24N4/c1-10-18-12-8-11(6-7-13(12)19(10)5)14(17-4)15(2,3)9-16/h6-8,14,17H,9,16H2,1-5H3. The Labute approximate surface area is 115 Å². The minimum Gasteiger partial charge on any atom is -0.331 e. The van der Waals surface area contributed by atoms with Crippen molar-refractivity contribution in [3.8, 4) is 0 Å². The van der Waals surface area contributed by atoms with Crippen molar-refractivity contribution in [1.82, 2.24) is 14.9 Å². The molecule has 0 aliphatic heterocycles. The van der Waals surface area contributed by atoms with Gasteiger partial charge in [0.2, 0.25) is 0 Å². The molecule has 0 bridgehead atoms. The lowest BCUT2D eigenvalue weighted by Gasteiger charge is -2.33. The lowest BCUT2D eigenvalue weighted by molar-refractivity contribution is 0.266. The van der Waals surface area contributed by atoms with Crippen LogP contribution in [0.15, 0.2) is 18.2 Å². The molecule has 19 heavy (non-hydrogen) atoms. The summed E-state index contributed by atoms with van der Waals surface area (Å²) in [4.78, 5) is 4.60. The Balaban J connectivity index is 2.50. The van der Waals surface area contributed by atoms with E-state index in [9.17, 15) is 0 Å². The second-order valence-electron chi connectivity index (χ2n) is 5.88. The Hall–Kier alpha value is -1.39. The molecule has 0 amide bonds. The highest BCUT2D eigenvalue weighted by atomic mass is 15.0. The van der Waals surface area contributed by atoms with E-state index in [-0.39, 0.29) is 11.5 Å². The van der Waals surface area contributed by atoms with Gasteiger partial charge >= 0.3 is 0 Å². The van der Waals surface area contributed by atoms with E-state index in [1.165, 1.54) is 11.1 Å². The van der Waals surface area contributed by atoms with Crippen LogP contribution < -0.4 is 11.1 Å². The van der Waals surface area contributed by atoms with Crippen molar-refractivity contribution in [2.24, 2.45) is 18.2 Å². The lowest BCUT2D eigenvalue weighted by Crippen LogP contribution is -2.37. The molecule has 4 nitrogen and oxygen atoms in total. The van der Waals surface area contributed by atoms with Crippen LogP contribution in [0.5, 0.6) is 0 Å². The van der Waals surface area contributed by atoms with Crippen LogP contribution in [0.3, 0.4) is 0 Å². The molecule has 1 heterocycles. The van der Waals surface area contributed by atoms with Gasteiger partial charge in [-0.15, -0.1) is 0 Å². The fraction of sp³-hybridized carbons (Fsp3) is 0.533. The van der Waals surface area contributed by atoms with Crippen LogP contribution in [0, 0.1) is 12.3 Å². The fourth-order valence-electron chi connectivity index (χ4n) is 2.64. The molecule has 104 valence electrons. The molecule has 0 radical (unpaired) electrons. The summed E-state index contributed by atoms with van der Waals surface area (Å²) in [5.41, 5.74) is 9.36. The van der Waals surface area contributed by atoms with Gasteiger partial charge in [-0.05, 0) is 43.6 Å². The van der Waals surface area contributed by atoms with Gasteiger partial charge in [0, 0.05) is 13.1 Å². The number of hydrogen-bond acceptors (Lipinski definition) is 3. The summed E-state index contributed by atoms with van der Waals surface area (Å²) in [5.74, 6) is 1.03. The van der Waals surface area contributed by atoms with Crippen molar-refractivity contribution in [2.75, 3.05) is 13.6 Å². The summed E-state index contributed by atoms with van der Waals surface area (Å²) in [6.45, 7) is 7.03. The van der Waals surface area contributed by atoms with Gasteiger partial charge in [0.05, 0.1) is 11.0 Å². The number of nitrogens with one attached hydrogen (secondary N) is 1. The van der Waals surface area contributed by atoms with E-state index in [0.29, 0.717) is 6.54 Å². The second-order valence-corrected chi connectivity index (χ2v) is 5.88. The zero-order chi connectivity index (χ0) is 14.2. The van der Waals surface area contributed by atoms with Crippen molar-refractivity contribution in [3.63, 3.8) is 0 Å². The van der Waals surface area contributed by atoms with Crippen molar-refractivity contribution in [2.45, 2.75) is 26.8 Å². The molecule has 4 heteroatoms. The summed E-state index contributed by atoms with van der Waals surface area (Å²) in [6.07, 6.45) is 0. The van der Waals surface area contributed by atoms with Crippen LogP contribution in [-0.4, -0.2) is 23.1 Å². The summed E-state index contributed by atoms with van der Waals surface area (Å²) >= 11 is 0. The van der Waals surface area contributed by atoms with Gasteiger partial charge in [-0.3, -0.25) is 0 Å². The van der Waals surface area contributed by atoms with E-state index in [1.54, 1.807) is 0 Å². The van der Waals surface area contributed by atoms with Gasteiger partial charge in [-0.1, -0.05) is 19.9 Å². The molecule has 2 aromatic rings. The zero-order valence-corrected chi connectivity index (χ0v) is 12.5. The third-order valence-electron chi connectivity index (χ3n) is 4.06. The highest BCUT2D eigenvalue weighted by Gasteiger charge is 2.28. The summed E-state index contributed by atoms with van der Waals surface area (Å²) in [5, 5.41) is 3.38. The topological polar surface area (TPSA) is 55.9 Å². The Kier molecular flexibility index (Phi) is 3.65. The van der Waals surface area contributed by atoms with Gasteiger partial charge in [-0.25, -0.2) is 4.98 Å². The SMILES string of the molecule is CNC(c1ccc2c(c1)nc(C)n2C)C(C)(C)CN. The predicted molar refractivity (Wildman–Crippen MR) is 80.1 cm³/mol. The first-order valence-corrected chi connectivity index (χ1v) is 6.71. The smallest absolute Gasteiger partial charge is 0.106 e. The maximum Gasteiger partial charge on any atom is 0.106 e. The maximum absolute atomic E-state index is 5.90. The van der Waals surface area contributed by atoms with Crippen LogP contribution in [-0.2, 0) is 7.05 Å². The van der Waals surface area contributed by atoms with Crippen molar-refractivity contribution >= 4 is 11.0 Å². The minimum atomic E-state index is 0.00620. The number of benzene rings is 1. The maximum atomic E-state index is 5.90. The first kappa shape index (κ1) is 14.0. The van der Waals surface area contributed by atoms with Crippen LogP contribution >= 0.6 is 0 Å². The van der Waals surface area contributed by atoms with Gasteiger partial charge < -0.3 is 15.6 Å². The quantitative estimate of drug-likeness (QED) is 0.885. The van der Waals surface area contributed by atoms with Gasteiger partial charge in [0.1, 0.15) is 5.82 Å². The molecule has 3 N–H and O–H groups in total. The van der Waals surface area contributed by atoms with Crippen LogP contribution in [0.4, 0.5) is 0 Å². The number of nitrogens with two attached hydrogens (primary N) is 1. The van der Waals surface area contributed by atoms with Crippen molar-refractivity contribution in [3.05, 3.63) is 29.6 Å². The Morgan fingerprint density at radius 2 is 2.11 bits per heavy atom. The molecule has 0 saturated carbocycles. The third-order valence-corrected chi connectivity index (χ3v) is 4.06. The number of aryl methyl sites for hydroxylation is 2. The second kappa shape index (κ2) is 4.94. The highest BCUT2D eigenvalue weighted by Crippen LogP contribution is 2.33. The third kappa shape index (κ3) is 2.38. The van der Waals surface area contributed by atoms with Crippen molar-refractivity contribution in [1.29, 1.82) is 0 Å². The van der Waals surface area contributed by atoms with E-state index < -0.39 is 0 Å². The number of nitrogens with zero attached hydrogens (tertiary/aromatic N) is 2. The Morgan fingerprint density at radius 1 is 1.42 bits per heavy atom. The molecule has 1 atom stereocenters. The lowest BCUT2D eigenvalue weighted by atomic mass is 9.80. The van der Waals surface area contributed by atoms with E-state index >= 15 is 0 Å². The molecule has 0 saturated heterocycles. The first-order valence-electron chi connectivity index (χ1n) is 6.71. The van der Waals surface area contributed by atoms with Gasteiger partial charge in [0.25, 0.3) is 0 Å². The molecule has 1 aromatic heterocycles. The molecule has 0 aliphatic rings. The Morgan fingerprint density at radius 3 is 2.68 bits per heavy atom. The predicted octanol–water partition coefficient (Wildman–Crippen LogP) is 2.13. The Bertz CT molecular complexity index is 583. The van der Waals surface area contributed by atoms with Crippen LogP contribution in [0.2, 0.25) is 0 Å². The molecule has 0 fully saturated rings. The monoisotopic (exact) mass is 260 g/mol. The van der Waals surface area contributed by atoms with E-state index in [1.807, 2.05) is 21.0 Å². The first-order chi connectivity index (χ1) is 8.90. The number of fused-ring (bicyclic) bond motifs is 1. The average molecular weight is 260 g/mol. The molecule has 0 aliphatic carbocycles. The minimum absolute atomic E-state index is 0.00620. The van der Waals surface area contributed by atoms with E-state index in [2.05, 4.69) is 46.9 Å². The van der Waals surface area contributed by atoms with E-state index in [0.717, 1.165) is 11.3 Å². The van der Waals surface area contributed by atoms with Crippen molar-refractivity contribution < 1.29 is 0 Å². The summed E-state index contributed by atoms with van der Waals surface area (Å²) in [7, 11) is 4.03. The zero-order valence-electron chi connectivity index (χ0n) is 12.5. The fourth-order valence-corrected chi connectivity index (χ4v) is 2.64. The summed E-state index contributed by atoms with van der Waals surface area (Å²) in [6, 6.07) is 6.70. The molecular weight excluding hydrogens is 236 g/mol. The molecule has 1 aromatic carbocycles. The average Bonchev–Trinajstić information content (AvgIpc) is 2.65. The molecule has 2 rings (SSSR count). The van der Waals surface area contributed by atoms with Crippen LogP contribution in [0.25, 0.3) is 11.0 Å². The molecular formula is C15H24N4. The molecule has 0 spiro atoms. The highest BCUT2D eigenvalue weighted by molar-refractivity contribution is 5.77. The number of imidazole rings is 1. The number of rotatable bonds is 4. The van der Waals surface area contributed by atoms with Gasteiger partial charge in [-0.2, -0.15) is 0 Å². The number of aromatic nitrogens is 2. The van der Waals surface area contributed by atoms with Gasteiger partial charge in [0.15, 0.2) is 0 Å². The van der Waals surface area contributed by atoms with Crippen LogP contribution in [0.1, 0.15) is 31.3 Å². The largest absolute Gasteiger partial charge is 0.331 e. The van der Waals surface area contributed by atoms with E-state index in [4.69, 9.17) is 5.73 Å². The normalized spacial score (nSPS) is 14.0. The number of hydrogen-bond donors (Lipinski definition) is 2.